The Morgan fingerprint density at radius 3 is 2.75 bits per heavy atom. The van der Waals surface area contributed by atoms with E-state index in [-0.39, 0.29) is 0 Å². The van der Waals surface area contributed by atoms with E-state index in [4.69, 9.17) is 10.5 Å². The number of benzene rings is 1. The van der Waals surface area contributed by atoms with E-state index >= 15 is 0 Å². The van der Waals surface area contributed by atoms with E-state index < -0.39 is 0 Å². The van der Waals surface area contributed by atoms with Gasteiger partial charge in [0.05, 0.1) is 7.11 Å². The lowest BCUT2D eigenvalue weighted by Crippen LogP contribution is -1.90. The van der Waals surface area contributed by atoms with Gasteiger partial charge >= 0.3 is 0 Å². The second-order valence-corrected chi connectivity index (χ2v) is 3.64. The van der Waals surface area contributed by atoms with Crippen LogP contribution in [0.4, 0.5) is 5.69 Å². The Labute approximate surface area is 77.1 Å². The van der Waals surface area contributed by atoms with Gasteiger partial charge in [0.25, 0.3) is 0 Å². The van der Waals surface area contributed by atoms with Crippen molar-refractivity contribution in [3.8, 4) is 5.75 Å². The lowest BCUT2D eigenvalue weighted by Gasteiger charge is -2.05. The average molecular weight is 183 g/mol. The van der Waals surface area contributed by atoms with Crippen LogP contribution in [0.15, 0.2) is 23.1 Å². The van der Waals surface area contributed by atoms with Gasteiger partial charge in [-0.1, -0.05) is 6.92 Å². The van der Waals surface area contributed by atoms with Crippen LogP contribution in [0.1, 0.15) is 6.92 Å². The van der Waals surface area contributed by atoms with Crippen molar-refractivity contribution in [2.75, 3.05) is 18.6 Å². The molecule has 0 heterocycles. The fourth-order valence-corrected chi connectivity index (χ4v) is 1.64. The summed E-state index contributed by atoms with van der Waals surface area (Å²) < 4.78 is 5.04. The molecule has 0 bridgehead atoms. The molecule has 2 nitrogen and oxygen atoms in total. The predicted molar refractivity (Wildman–Crippen MR) is 53.8 cm³/mol. The highest BCUT2D eigenvalue weighted by Gasteiger charge is 1.99. The third-order valence-corrected chi connectivity index (χ3v) is 2.49. The van der Waals surface area contributed by atoms with E-state index in [1.807, 2.05) is 18.2 Å². The van der Waals surface area contributed by atoms with Crippen molar-refractivity contribution in [1.29, 1.82) is 0 Å². The monoisotopic (exact) mass is 183 g/mol. The number of rotatable bonds is 3. The minimum absolute atomic E-state index is 0.793. The molecule has 66 valence electrons. The summed E-state index contributed by atoms with van der Waals surface area (Å²) in [5, 5.41) is 0. The normalized spacial score (nSPS) is 9.83. The zero-order chi connectivity index (χ0) is 8.97. The maximum atomic E-state index is 5.78. The fourth-order valence-electron chi connectivity index (χ4n) is 0.940. The van der Waals surface area contributed by atoms with Gasteiger partial charge in [0.15, 0.2) is 0 Å². The first-order valence-electron chi connectivity index (χ1n) is 3.84. The molecule has 0 saturated heterocycles. The summed E-state index contributed by atoms with van der Waals surface area (Å²) in [6.07, 6.45) is 0. The van der Waals surface area contributed by atoms with Crippen molar-refractivity contribution < 1.29 is 4.74 Å². The molecular formula is C9H13NOS. The Morgan fingerprint density at radius 1 is 1.50 bits per heavy atom. The van der Waals surface area contributed by atoms with Gasteiger partial charge in [-0.2, -0.15) is 0 Å². The van der Waals surface area contributed by atoms with Crippen molar-refractivity contribution in [3.63, 3.8) is 0 Å². The Kier molecular flexibility index (Phi) is 3.29. The molecule has 0 unspecified atom stereocenters. The van der Waals surface area contributed by atoms with Crippen LogP contribution < -0.4 is 10.5 Å². The Hall–Kier alpha value is -0.830. The number of ether oxygens (including phenoxy) is 1. The molecule has 1 aromatic carbocycles. The van der Waals surface area contributed by atoms with Crippen LogP contribution in [0.2, 0.25) is 0 Å². The molecular weight excluding hydrogens is 170 g/mol. The molecule has 0 amide bonds. The van der Waals surface area contributed by atoms with Crippen molar-refractivity contribution in [1.82, 2.24) is 0 Å². The Morgan fingerprint density at radius 2 is 2.25 bits per heavy atom. The standard InChI is InChI=1S/C9H13NOS/c1-3-12-9-5-4-7(11-2)6-8(9)10/h4-6H,3,10H2,1-2H3. The maximum absolute atomic E-state index is 5.78. The molecule has 0 aromatic heterocycles. The Bertz CT molecular complexity index is 263. The molecule has 0 aliphatic rings. The second-order valence-electron chi connectivity index (χ2n) is 2.34. The maximum Gasteiger partial charge on any atom is 0.120 e. The first kappa shape index (κ1) is 9.26. The molecule has 1 aromatic rings. The molecule has 0 radical (unpaired) electrons. The van der Waals surface area contributed by atoms with Gasteiger partial charge < -0.3 is 10.5 Å². The molecule has 0 aliphatic heterocycles. The molecule has 2 N–H and O–H groups in total. The number of hydrogen-bond donors (Lipinski definition) is 1. The van der Waals surface area contributed by atoms with Crippen molar-refractivity contribution in [3.05, 3.63) is 18.2 Å². The molecule has 0 fully saturated rings. The summed E-state index contributed by atoms with van der Waals surface area (Å²) in [7, 11) is 1.64. The highest BCUT2D eigenvalue weighted by Crippen LogP contribution is 2.27. The van der Waals surface area contributed by atoms with Crippen LogP contribution >= 0.6 is 11.8 Å². The van der Waals surface area contributed by atoms with E-state index in [9.17, 15) is 0 Å². The van der Waals surface area contributed by atoms with Crippen LogP contribution in [0.3, 0.4) is 0 Å². The molecule has 3 heteroatoms. The summed E-state index contributed by atoms with van der Waals surface area (Å²) in [4.78, 5) is 1.12. The number of nitrogen functional groups attached to an aromatic ring is 1. The van der Waals surface area contributed by atoms with E-state index in [0.29, 0.717) is 0 Å². The van der Waals surface area contributed by atoms with E-state index in [1.165, 1.54) is 0 Å². The van der Waals surface area contributed by atoms with Crippen LogP contribution in [0.5, 0.6) is 5.75 Å². The smallest absolute Gasteiger partial charge is 0.120 e. The third-order valence-electron chi connectivity index (χ3n) is 1.52. The lowest BCUT2D eigenvalue weighted by molar-refractivity contribution is 0.415. The fraction of sp³-hybridized carbons (Fsp3) is 0.333. The zero-order valence-electron chi connectivity index (χ0n) is 7.33. The lowest BCUT2D eigenvalue weighted by atomic mass is 10.3. The topological polar surface area (TPSA) is 35.2 Å². The summed E-state index contributed by atoms with van der Waals surface area (Å²) in [6.45, 7) is 2.11. The predicted octanol–water partition coefficient (Wildman–Crippen LogP) is 2.39. The summed E-state index contributed by atoms with van der Waals surface area (Å²) in [5.41, 5.74) is 6.57. The molecule has 0 aliphatic carbocycles. The number of thioether (sulfide) groups is 1. The van der Waals surface area contributed by atoms with Crippen LogP contribution in [0.25, 0.3) is 0 Å². The molecule has 1 rings (SSSR count). The average Bonchev–Trinajstić information content (AvgIpc) is 2.09. The molecule has 0 atom stereocenters. The van der Waals surface area contributed by atoms with Crippen molar-refractivity contribution in [2.45, 2.75) is 11.8 Å². The quantitative estimate of drug-likeness (QED) is 0.577. The third kappa shape index (κ3) is 2.08. The van der Waals surface area contributed by atoms with Crippen molar-refractivity contribution in [2.24, 2.45) is 0 Å². The minimum Gasteiger partial charge on any atom is -0.497 e. The second kappa shape index (κ2) is 4.26. The molecule has 0 spiro atoms. The number of hydrogen-bond acceptors (Lipinski definition) is 3. The zero-order valence-corrected chi connectivity index (χ0v) is 8.15. The van der Waals surface area contributed by atoms with Gasteiger partial charge in [-0.05, 0) is 17.9 Å². The highest BCUT2D eigenvalue weighted by atomic mass is 32.2. The highest BCUT2D eigenvalue weighted by molar-refractivity contribution is 7.99. The first-order valence-corrected chi connectivity index (χ1v) is 4.82. The minimum atomic E-state index is 0.793. The van der Waals surface area contributed by atoms with Gasteiger partial charge in [0.2, 0.25) is 0 Å². The van der Waals surface area contributed by atoms with Crippen LogP contribution in [-0.2, 0) is 0 Å². The molecule has 0 saturated carbocycles. The van der Waals surface area contributed by atoms with Gasteiger partial charge in [-0.3, -0.25) is 0 Å². The van der Waals surface area contributed by atoms with Gasteiger partial charge in [0.1, 0.15) is 5.75 Å². The number of methoxy groups -OCH3 is 1. The number of nitrogens with two attached hydrogens (primary N) is 1. The Balaban J connectivity index is 2.87. The van der Waals surface area contributed by atoms with Crippen molar-refractivity contribution >= 4 is 17.4 Å². The number of anilines is 1. The SMILES string of the molecule is CCSc1ccc(OC)cc1N. The van der Waals surface area contributed by atoms with Gasteiger partial charge in [-0.15, -0.1) is 11.8 Å². The van der Waals surface area contributed by atoms with E-state index in [0.717, 1.165) is 22.1 Å². The largest absolute Gasteiger partial charge is 0.497 e. The summed E-state index contributed by atoms with van der Waals surface area (Å²) in [6, 6.07) is 5.76. The van der Waals surface area contributed by atoms with Gasteiger partial charge in [0, 0.05) is 16.6 Å². The van der Waals surface area contributed by atoms with Crippen LogP contribution in [0, 0.1) is 0 Å². The van der Waals surface area contributed by atoms with Gasteiger partial charge in [-0.25, -0.2) is 0 Å². The summed E-state index contributed by atoms with van der Waals surface area (Å²) in [5.74, 6) is 1.85. The van der Waals surface area contributed by atoms with E-state index in [1.54, 1.807) is 18.9 Å². The van der Waals surface area contributed by atoms with E-state index in [2.05, 4.69) is 6.92 Å². The summed E-state index contributed by atoms with van der Waals surface area (Å²) >= 11 is 1.74. The molecule has 12 heavy (non-hydrogen) atoms. The first-order chi connectivity index (χ1) is 5.77. The van der Waals surface area contributed by atoms with Crippen LogP contribution in [-0.4, -0.2) is 12.9 Å².